The number of aromatic carboxylic acids is 1. The van der Waals surface area contributed by atoms with Crippen molar-refractivity contribution in [3.63, 3.8) is 0 Å². The van der Waals surface area contributed by atoms with Crippen molar-refractivity contribution in [2.24, 2.45) is 0 Å². The van der Waals surface area contributed by atoms with E-state index in [2.05, 4.69) is 0 Å². The van der Waals surface area contributed by atoms with Crippen molar-refractivity contribution < 1.29 is 19.2 Å². The molecule has 0 radical (unpaired) electrons. The van der Waals surface area contributed by atoms with E-state index in [0.29, 0.717) is 5.56 Å². The van der Waals surface area contributed by atoms with Gasteiger partial charge in [-0.3, -0.25) is 10.1 Å². The molecule has 0 saturated heterocycles. The molecule has 1 N–H and O–H groups in total. The van der Waals surface area contributed by atoms with Gasteiger partial charge in [0.1, 0.15) is 5.82 Å². The number of carboxylic acids is 1. The number of halogens is 1. The molecule has 0 unspecified atom stereocenters. The average Bonchev–Trinajstić information content (AvgIpc) is 2.38. The standard InChI is InChI=1S/C13H8FNO4/c14-9-4-5-11(12(7-9)13(16)17)8-2-1-3-10(6-8)15(18)19/h1-7H,(H,16,17). The van der Waals surface area contributed by atoms with Crippen LogP contribution in [-0.4, -0.2) is 16.0 Å². The minimum atomic E-state index is -1.29. The summed E-state index contributed by atoms with van der Waals surface area (Å²) >= 11 is 0. The molecule has 0 atom stereocenters. The van der Waals surface area contributed by atoms with E-state index < -0.39 is 16.7 Å². The smallest absolute Gasteiger partial charge is 0.336 e. The van der Waals surface area contributed by atoms with Gasteiger partial charge in [0.2, 0.25) is 0 Å². The molecule has 0 spiro atoms. The zero-order valence-electron chi connectivity index (χ0n) is 9.54. The van der Waals surface area contributed by atoms with Gasteiger partial charge in [-0.25, -0.2) is 9.18 Å². The van der Waals surface area contributed by atoms with E-state index in [1.807, 2.05) is 0 Å². The largest absolute Gasteiger partial charge is 0.478 e. The fourth-order valence-corrected chi connectivity index (χ4v) is 1.73. The number of non-ortho nitro benzene ring substituents is 1. The van der Waals surface area contributed by atoms with Gasteiger partial charge in [0.05, 0.1) is 10.5 Å². The highest BCUT2D eigenvalue weighted by atomic mass is 19.1. The predicted molar refractivity (Wildman–Crippen MR) is 65.4 cm³/mol. The number of nitrogens with zero attached hydrogens (tertiary/aromatic N) is 1. The number of nitro groups is 1. The van der Waals surface area contributed by atoms with Gasteiger partial charge in [0.25, 0.3) is 5.69 Å². The van der Waals surface area contributed by atoms with Gasteiger partial charge in [0, 0.05) is 12.1 Å². The Morgan fingerprint density at radius 3 is 2.58 bits per heavy atom. The first-order chi connectivity index (χ1) is 8.99. The molecule has 96 valence electrons. The van der Waals surface area contributed by atoms with Crippen LogP contribution in [0.15, 0.2) is 42.5 Å². The van der Waals surface area contributed by atoms with Crippen LogP contribution in [0.4, 0.5) is 10.1 Å². The Kier molecular flexibility index (Phi) is 3.24. The van der Waals surface area contributed by atoms with Crippen LogP contribution >= 0.6 is 0 Å². The molecule has 0 aromatic heterocycles. The second-order valence-electron chi connectivity index (χ2n) is 3.80. The van der Waals surface area contributed by atoms with E-state index in [0.717, 1.165) is 12.1 Å². The van der Waals surface area contributed by atoms with Gasteiger partial charge in [-0.15, -0.1) is 0 Å². The van der Waals surface area contributed by atoms with Crippen molar-refractivity contribution in [3.8, 4) is 11.1 Å². The van der Waals surface area contributed by atoms with Crippen LogP contribution in [0.1, 0.15) is 10.4 Å². The Morgan fingerprint density at radius 2 is 1.95 bits per heavy atom. The molecule has 2 aromatic carbocycles. The number of carboxylic acid groups (broad SMARTS) is 1. The number of benzene rings is 2. The van der Waals surface area contributed by atoms with Crippen LogP contribution in [0.25, 0.3) is 11.1 Å². The fourth-order valence-electron chi connectivity index (χ4n) is 1.73. The third-order valence-electron chi connectivity index (χ3n) is 2.58. The molecule has 0 aliphatic heterocycles. The Bertz CT molecular complexity index is 669. The van der Waals surface area contributed by atoms with Crippen molar-refractivity contribution >= 4 is 11.7 Å². The molecule has 19 heavy (non-hydrogen) atoms. The first-order valence-electron chi connectivity index (χ1n) is 5.26. The van der Waals surface area contributed by atoms with Crippen LogP contribution < -0.4 is 0 Å². The summed E-state index contributed by atoms with van der Waals surface area (Å²) in [7, 11) is 0. The zero-order valence-corrected chi connectivity index (χ0v) is 9.54. The van der Waals surface area contributed by atoms with Gasteiger partial charge in [-0.2, -0.15) is 0 Å². The summed E-state index contributed by atoms with van der Waals surface area (Å²) in [5, 5.41) is 19.7. The molecule has 0 amide bonds. The second-order valence-corrected chi connectivity index (χ2v) is 3.80. The van der Waals surface area contributed by atoms with Gasteiger partial charge in [-0.1, -0.05) is 18.2 Å². The molecule has 0 aliphatic carbocycles. The first-order valence-corrected chi connectivity index (χ1v) is 5.26. The minimum Gasteiger partial charge on any atom is -0.478 e. The van der Waals surface area contributed by atoms with Gasteiger partial charge >= 0.3 is 5.97 Å². The monoisotopic (exact) mass is 261 g/mol. The summed E-state index contributed by atoms with van der Waals surface area (Å²) in [6, 6.07) is 8.82. The highest BCUT2D eigenvalue weighted by Gasteiger charge is 2.15. The Hall–Kier alpha value is -2.76. The minimum absolute atomic E-state index is 0.154. The molecule has 2 rings (SSSR count). The Labute approximate surface area is 107 Å². The quantitative estimate of drug-likeness (QED) is 0.680. The predicted octanol–water partition coefficient (Wildman–Crippen LogP) is 3.10. The molecule has 5 nitrogen and oxygen atoms in total. The van der Waals surface area contributed by atoms with E-state index in [9.17, 15) is 19.3 Å². The summed E-state index contributed by atoms with van der Waals surface area (Å²) < 4.78 is 13.1. The number of nitro benzene ring substituents is 1. The van der Waals surface area contributed by atoms with Crippen molar-refractivity contribution in [3.05, 3.63) is 64.0 Å². The molecular formula is C13H8FNO4. The van der Waals surface area contributed by atoms with Crippen LogP contribution in [-0.2, 0) is 0 Å². The lowest BCUT2D eigenvalue weighted by Gasteiger charge is -2.06. The maximum Gasteiger partial charge on any atom is 0.336 e. The average molecular weight is 261 g/mol. The number of hydrogen-bond donors (Lipinski definition) is 1. The molecule has 0 saturated carbocycles. The summed E-state index contributed by atoms with van der Waals surface area (Å²) in [5.41, 5.74) is 0.197. The molecule has 0 fully saturated rings. The highest BCUT2D eigenvalue weighted by molar-refractivity contribution is 5.96. The fraction of sp³-hybridized carbons (Fsp3) is 0. The lowest BCUT2D eigenvalue weighted by molar-refractivity contribution is -0.384. The molecule has 0 aliphatic rings. The van der Waals surface area contributed by atoms with Crippen molar-refractivity contribution in [1.29, 1.82) is 0 Å². The van der Waals surface area contributed by atoms with E-state index in [1.165, 1.54) is 30.3 Å². The van der Waals surface area contributed by atoms with Crippen molar-refractivity contribution in [2.45, 2.75) is 0 Å². The normalized spacial score (nSPS) is 10.2. The van der Waals surface area contributed by atoms with Crippen LogP contribution in [0.3, 0.4) is 0 Å². The van der Waals surface area contributed by atoms with Crippen LogP contribution in [0.5, 0.6) is 0 Å². The lowest BCUT2D eigenvalue weighted by atomic mass is 9.99. The maximum absolute atomic E-state index is 13.1. The molecule has 2 aromatic rings. The SMILES string of the molecule is O=C(O)c1cc(F)ccc1-c1cccc([N+](=O)[O-])c1. The Balaban J connectivity index is 2.61. The Morgan fingerprint density at radius 1 is 1.21 bits per heavy atom. The molecule has 0 bridgehead atoms. The lowest BCUT2D eigenvalue weighted by Crippen LogP contribution is -2.00. The summed E-state index contributed by atoms with van der Waals surface area (Å²) in [6.07, 6.45) is 0. The number of carbonyl (C=O) groups is 1. The van der Waals surface area contributed by atoms with Gasteiger partial charge < -0.3 is 5.11 Å². The maximum atomic E-state index is 13.1. The van der Waals surface area contributed by atoms with E-state index in [1.54, 1.807) is 0 Å². The van der Waals surface area contributed by atoms with E-state index >= 15 is 0 Å². The number of hydrogen-bond acceptors (Lipinski definition) is 3. The highest BCUT2D eigenvalue weighted by Crippen LogP contribution is 2.27. The third kappa shape index (κ3) is 2.57. The first kappa shape index (κ1) is 12.7. The van der Waals surface area contributed by atoms with Crippen molar-refractivity contribution in [2.75, 3.05) is 0 Å². The van der Waals surface area contributed by atoms with Gasteiger partial charge in [0.15, 0.2) is 0 Å². The van der Waals surface area contributed by atoms with Gasteiger partial charge in [-0.05, 0) is 23.3 Å². The van der Waals surface area contributed by atoms with Crippen LogP contribution in [0, 0.1) is 15.9 Å². The molecule has 0 heterocycles. The molecular weight excluding hydrogens is 253 g/mol. The molecule has 6 heteroatoms. The van der Waals surface area contributed by atoms with E-state index in [4.69, 9.17) is 5.11 Å². The van der Waals surface area contributed by atoms with Crippen molar-refractivity contribution in [1.82, 2.24) is 0 Å². The summed E-state index contributed by atoms with van der Waals surface area (Å²) in [6.45, 7) is 0. The second kappa shape index (κ2) is 4.85. The number of rotatable bonds is 3. The topological polar surface area (TPSA) is 80.4 Å². The van der Waals surface area contributed by atoms with Crippen LogP contribution in [0.2, 0.25) is 0 Å². The third-order valence-corrected chi connectivity index (χ3v) is 2.58. The zero-order chi connectivity index (χ0) is 14.0. The van der Waals surface area contributed by atoms with E-state index in [-0.39, 0.29) is 16.8 Å². The summed E-state index contributed by atoms with van der Waals surface area (Å²) in [4.78, 5) is 21.2. The summed E-state index contributed by atoms with van der Waals surface area (Å²) in [5.74, 6) is -1.97.